The molecule has 1 heteroatoms. The monoisotopic (exact) mass is 280 g/mol. The summed E-state index contributed by atoms with van der Waals surface area (Å²) in [6.07, 6.45) is 6.54. The molecule has 2 aromatic carbocycles. The van der Waals surface area contributed by atoms with Gasteiger partial charge in [0.15, 0.2) is 0 Å². The summed E-state index contributed by atoms with van der Waals surface area (Å²) in [7, 11) is 0. The van der Waals surface area contributed by atoms with E-state index in [1.807, 2.05) is 30.3 Å². The van der Waals surface area contributed by atoms with Crippen LogP contribution < -0.4 is 4.74 Å². The fourth-order valence-electron chi connectivity index (χ4n) is 2.42. The number of para-hydroxylation sites is 1. The Labute approximate surface area is 128 Å². The molecule has 0 saturated heterocycles. The predicted molar refractivity (Wildman–Crippen MR) is 89.7 cm³/mol. The third-order valence-electron chi connectivity index (χ3n) is 3.62. The molecule has 1 atom stereocenters. The van der Waals surface area contributed by atoms with Crippen molar-refractivity contribution in [2.24, 2.45) is 0 Å². The highest BCUT2D eigenvalue weighted by molar-refractivity contribution is 5.35. The van der Waals surface area contributed by atoms with Gasteiger partial charge in [-0.15, -0.1) is 0 Å². The molecule has 0 radical (unpaired) electrons. The summed E-state index contributed by atoms with van der Waals surface area (Å²) in [6.45, 7) is 6.14. The molecule has 0 spiro atoms. The Kier molecular flexibility index (Phi) is 6.08. The lowest BCUT2D eigenvalue weighted by Gasteiger charge is -2.18. The van der Waals surface area contributed by atoms with E-state index in [4.69, 9.17) is 4.74 Å². The summed E-state index contributed by atoms with van der Waals surface area (Å²) in [5.74, 6) is 0.974. The second-order valence-corrected chi connectivity index (χ2v) is 5.25. The van der Waals surface area contributed by atoms with E-state index in [1.165, 1.54) is 24.8 Å². The highest BCUT2D eigenvalue weighted by Crippen LogP contribution is 2.27. The third-order valence-corrected chi connectivity index (χ3v) is 3.62. The molecular formula is C20H24O. The van der Waals surface area contributed by atoms with Crippen LogP contribution in [0.5, 0.6) is 5.75 Å². The Hall–Kier alpha value is -2.02. The van der Waals surface area contributed by atoms with Gasteiger partial charge in [-0.3, -0.25) is 0 Å². The average molecular weight is 280 g/mol. The fraction of sp³-hybridized carbons (Fsp3) is 0.300. The van der Waals surface area contributed by atoms with Crippen LogP contribution in [0.2, 0.25) is 0 Å². The second-order valence-electron chi connectivity index (χ2n) is 5.25. The first-order valence-corrected chi connectivity index (χ1v) is 7.77. The van der Waals surface area contributed by atoms with Gasteiger partial charge in [0.2, 0.25) is 0 Å². The summed E-state index contributed by atoms with van der Waals surface area (Å²) in [5, 5.41) is 0. The van der Waals surface area contributed by atoms with Crippen molar-refractivity contribution in [1.82, 2.24) is 0 Å². The Morgan fingerprint density at radius 3 is 2.43 bits per heavy atom. The molecule has 0 saturated carbocycles. The minimum atomic E-state index is -0.0986. The topological polar surface area (TPSA) is 9.23 Å². The van der Waals surface area contributed by atoms with E-state index in [2.05, 4.69) is 43.8 Å². The highest BCUT2D eigenvalue weighted by Gasteiger charge is 2.11. The first kappa shape index (κ1) is 15.4. The first-order valence-electron chi connectivity index (χ1n) is 7.77. The van der Waals surface area contributed by atoms with Gasteiger partial charge in [0.05, 0.1) is 0 Å². The van der Waals surface area contributed by atoms with Crippen molar-refractivity contribution in [3.05, 3.63) is 78.4 Å². The number of hydrogen-bond donors (Lipinski definition) is 0. The van der Waals surface area contributed by atoms with E-state index in [0.717, 1.165) is 17.7 Å². The highest BCUT2D eigenvalue weighted by atomic mass is 16.5. The maximum absolute atomic E-state index is 6.19. The minimum Gasteiger partial charge on any atom is -0.481 e. The summed E-state index contributed by atoms with van der Waals surface area (Å²) < 4.78 is 6.19. The zero-order chi connectivity index (χ0) is 14.9. The van der Waals surface area contributed by atoms with Crippen molar-refractivity contribution in [3.63, 3.8) is 0 Å². The number of hydrogen-bond acceptors (Lipinski definition) is 1. The molecule has 0 N–H and O–H groups in total. The number of rotatable bonds is 8. The Morgan fingerprint density at radius 1 is 1.00 bits per heavy atom. The van der Waals surface area contributed by atoms with Crippen LogP contribution >= 0.6 is 0 Å². The van der Waals surface area contributed by atoms with Crippen LogP contribution in [0, 0.1) is 0 Å². The molecule has 0 aromatic heterocycles. The molecule has 1 unspecified atom stereocenters. The SMILES string of the molecule is C=CC(Oc1ccccc1CCCCC)c1ccccc1. The molecule has 0 fully saturated rings. The molecule has 21 heavy (non-hydrogen) atoms. The van der Waals surface area contributed by atoms with Crippen LogP contribution in [0.15, 0.2) is 67.3 Å². The molecule has 0 aliphatic rings. The molecule has 0 heterocycles. The molecule has 0 aliphatic heterocycles. The fourth-order valence-corrected chi connectivity index (χ4v) is 2.42. The van der Waals surface area contributed by atoms with Crippen LogP contribution in [-0.4, -0.2) is 0 Å². The van der Waals surface area contributed by atoms with E-state index in [0.29, 0.717) is 0 Å². The largest absolute Gasteiger partial charge is 0.481 e. The van der Waals surface area contributed by atoms with Crippen molar-refractivity contribution < 1.29 is 4.74 Å². The third kappa shape index (κ3) is 4.49. The molecule has 110 valence electrons. The maximum atomic E-state index is 6.19. The summed E-state index contributed by atoms with van der Waals surface area (Å²) in [5.41, 5.74) is 2.42. The first-order chi connectivity index (χ1) is 10.3. The Balaban J connectivity index is 2.12. The maximum Gasteiger partial charge on any atom is 0.142 e. The van der Waals surface area contributed by atoms with Gasteiger partial charge in [-0.1, -0.05) is 74.9 Å². The molecule has 0 amide bonds. The Morgan fingerprint density at radius 2 is 1.71 bits per heavy atom. The van der Waals surface area contributed by atoms with Crippen molar-refractivity contribution >= 4 is 0 Å². The summed E-state index contributed by atoms with van der Waals surface area (Å²) in [6, 6.07) is 18.6. The summed E-state index contributed by atoms with van der Waals surface area (Å²) in [4.78, 5) is 0. The Bertz CT molecular complexity index is 545. The molecule has 0 aliphatic carbocycles. The van der Waals surface area contributed by atoms with Gasteiger partial charge in [-0.05, 0) is 36.1 Å². The number of benzene rings is 2. The van der Waals surface area contributed by atoms with Gasteiger partial charge in [0.1, 0.15) is 11.9 Å². The van der Waals surface area contributed by atoms with Crippen molar-refractivity contribution in [1.29, 1.82) is 0 Å². The normalized spacial score (nSPS) is 11.9. The van der Waals surface area contributed by atoms with Crippen molar-refractivity contribution in [3.8, 4) is 5.75 Å². The number of ether oxygens (including phenoxy) is 1. The summed E-state index contributed by atoms with van der Waals surface area (Å²) >= 11 is 0. The van der Waals surface area contributed by atoms with E-state index in [9.17, 15) is 0 Å². The van der Waals surface area contributed by atoms with Gasteiger partial charge in [-0.25, -0.2) is 0 Å². The van der Waals surface area contributed by atoms with Gasteiger partial charge in [0, 0.05) is 0 Å². The van der Waals surface area contributed by atoms with Gasteiger partial charge >= 0.3 is 0 Å². The molecule has 2 rings (SSSR count). The lowest BCUT2D eigenvalue weighted by atomic mass is 10.1. The van der Waals surface area contributed by atoms with Gasteiger partial charge < -0.3 is 4.74 Å². The minimum absolute atomic E-state index is 0.0986. The van der Waals surface area contributed by atoms with E-state index in [1.54, 1.807) is 0 Å². The second kappa shape index (κ2) is 8.31. The van der Waals surface area contributed by atoms with E-state index in [-0.39, 0.29) is 6.10 Å². The zero-order valence-electron chi connectivity index (χ0n) is 12.8. The smallest absolute Gasteiger partial charge is 0.142 e. The van der Waals surface area contributed by atoms with Crippen molar-refractivity contribution in [2.45, 2.75) is 38.7 Å². The van der Waals surface area contributed by atoms with Gasteiger partial charge in [-0.2, -0.15) is 0 Å². The molecule has 0 bridgehead atoms. The molecule has 2 aromatic rings. The van der Waals surface area contributed by atoms with Gasteiger partial charge in [0.25, 0.3) is 0 Å². The van der Waals surface area contributed by atoms with Crippen LogP contribution in [0.25, 0.3) is 0 Å². The standard InChI is InChI=1S/C20H24O/c1-3-5-7-12-18-15-10-11-16-20(18)21-19(4-2)17-13-8-6-9-14-17/h4,6,8-11,13-16,19H,2-3,5,7,12H2,1H3. The number of aryl methyl sites for hydroxylation is 1. The quantitative estimate of drug-likeness (QED) is 0.443. The van der Waals surface area contributed by atoms with E-state index < -0.39 is 0 Å². The van der Waals surface area contributed by atoms with E-state index >= 15 is 0 Å². The molecular weight excluding hydrogens is 256 g/mol. The van der Waals surface area contributed by atoms with Crippen LogP contribution in [-0.2, 0) is 6.42 Å². The predicted octanol–water partition coefficient (Wildman–Crippen LogP) is 5.73. The van der Waals surface area contributed by atoms with Crippen molar-refractivity contribution in [2.75, 3.05) is 0 Å². The average Bonchev–Trinajstić information content (AvgIpc) is 2.55. The van der Waals surface area contributed by atoms with Crippen LogP contribution in [0.3, 0.4) is 0 Å². The zero-order valence-corrected chi connectivity index (χ0v) is 12.8. The number of unbranched alkanes of at least 4 members (excludes halogenated alkanes) is 2. The van der Waals surface area contributed by atoms with Crippen LogP contribution in [0.1, 0.15) is 43.4 Å². The lowest BCUT2D eigenvalue weighted by Crippen LogP contribution is -2.06. The lowest BCUT2D eigenvalue weighted by molar-refractivity contribution is 0.253. The molecule has 1 nitrogen and oxygen atoms in total. The van der Waals surface area contributed by atoms with Crippen LogP contribution in [0.4, 0.5) is 0 Å².